The minimum atomic E-state index is 0.717. The van der Waals surface area contributed by atoms with Crippen LogP contribution in [-0.4, -0.2) is 34.3 Å². The second kappa shape index (κ2) is 7.69. The molecule has 1 aromatic carbocycles. The van der Waals surface area contributed by atoms with E-state index in [1.807, 2.05) is 41.3 Å². The Morgan fingerprint density at radius 3 is 2.71 bits per heavy atom. The third-order valence-electron chi connectivity index (χ3n) is 3.71. The van der Waals surface area contributed by atoms with E-state index in [1.54, 1.807) is 0 Å². The van der Waals surface area contributed by atoms with Gasteiger partial charge >= 0.3 is 0 Å². The minimum absolute atomic E-state index is 0.717. The highest BCUT2D eigenvalue weighted by Gasteiger charge is 2.03. The molecule has 0 amide bonds. The SMILES string of the molecule is CCN(CC)CCn1cc(NCc2ccccc2N)cn1. The monoisotopic (exact) mass is 287 g/mol. The molecule has 2 rings (SSSR count). The van der Waals surface area contributed by atoms with Gasteiger partial charge in [-0.3, -0.25) is 4.68 Å². The number of aromatic nitrogens is 2. The fourth-order valence-electron chi connectivity index (χ4n) is 2.25. The van der Waals surface area contributed by atoms with Gasteiger partial charge < -0.3 is 16.0 Å². The lowest BCUT2D eigenvalue weighted by atomic mass is 10.2. The molecule has 0 unspecified atom stereocenters. The maximum absolute atomic E-state index is 5.94. The lowest BCUT2D eigenvalue weighted by molar-refractivity contribution is 0.285. The van der Waals surface area contributed by atoms with Gasteiger partial charge in [-0.25, -0.2) is 0 Å². The van der Waals surface area contributed by atoms with Crippen molar-refractivity contribution in [2.24, 2.45) is 0 Å². The molecule has 3 N–H and O–H groups in total. The number of hydrogen-bond donors (Lipinski definition) is 2. The largest absolute Gasteiger partial charge is 0.398 e. The van der Waals surface area contributed by atoms with Crippen LogP contribution in [-0.2, 0) is 13.1 Å². The van der Waals surface area contributed by atoms with E-state index in [9.17, 15) is 0 Å². The number of anilines is 2. The van der Waals surface area contributed by atoms with E-state index in [2.05, 4.69) is 29.2 Å². The number of para-hydroxylation sites is 1. The smallest absolute Gasteiger partial charge is 0.0729 e. The molecule has 0 aliphatic rings. The van der Waals surface area contributed by atoms with Gasteiger partial charge in [-0.2, -0.15) is 5.10 Å². The molecule has 0 radical (unpaired) electrons. The summed E-state index contributed by atoms with van der Waals surface area (Å²) in [5.74, 6) is 0. The quantitative estimate of drug-likeness (QED) is 0.732. The van der Waals surface area contributed by atoms with Crippen molar-refractivity contribution in [1.82, 2.24) is 14.7 Å². The summed E-state index contributed by atoms with van der Waals surface area (Å²) in [4.78, 5) is 2.39. The molecule has 21 heavy (non-hydrogen) atoms. The summed E-state index contributed by atoms with van der Waals surface area (Å²) in [6.45, 7) is 9.19. The molecule has 0 aliphatic heterocycles. The van der Waals surface area contributed by atoms with Gasteiger partial charge in [0, 0.05) is 25.0 Å². The molecule has 5 nitrogen and oxygen atoms in total. The normalized spacial score (nSPS) is 11.0. The molecule has 1 heterocycles. The molecule has 0 bridgehead atoms. The summed E-state index contributed by atoms with van der Waals surface area (Å²) in [5.41, 5.74) is 8.88. The molecular formula is C16H25N5. The van der Waals surface area contributed by atoms with Crippen LogP contribution in [0.5, 0.6) is 0 Å². The lowest BCUT2D eigenvalue weighted by Gasteiger charge is -2.17. The lowest BCUT2D eigenvalue weighted by Crippen LogP contribution is -2.27. The molecular weight excluding hydrogens is 262 g/mol. The van der Waals surface area contributed by atoms with Crippen LogP contribution >= 0.6 is 0 Å². The molecule has 0 aliphatic carbocycles. The standard InChI is InChI=1S/C16H25N5/c1-3-20(4-2)9-10-21-13-15(12-19-21)18-11-14-7-5-6-8-16(14)17/h5-8,12-13,18H,3-4,9-11,17H2,1-2H3. The van der Waals surface area contributed by atoms with Crippen LogP contribution in [0.1, 0.15) is 19.4 Å². The molecule has 5 heteroatoms. The summed E-state index contributed by atoms with van der Waals surface area (Å²) in [6, 6.07) is 7.91. The van der Waals surface area contributed by atoms with E-state index in [0.29, 0.717) is 6.54 Å². The van der Waals surface area contributed by atoms with Crippen molar-refractivity contribution in [3.8, 4) is 0 Å². The van der Waals surface area contributed by atoms with E-state index in [4.69, 9.17) is 5.73 Å². The number of nitrogens with two attached hydrogens (primary N) is 1. The van der Waals surface area contributed by atoms with Gasteiger partial charge in [0.25, 0.3) is 0 Å². The first-order chi connectivity index (χ1) is 10.2. The van der Waals surface area contributed by atoms with Crippen molar-refractivity contribution in [2.75, 3.05) is 30.7 Å². The molecule has 0 saturated heterocycles. The topological polar surface area (TPSA) is 59.1 Å². The van der Waals surface area contributed by atoms with Crippen molar-refractivity contribution in [1.29, 1.82) is 0 Å². The maximum atomic E-state index is 5.94. The highest BCUT2D eigenvalue weighted by atomic mass is 15.3. The Balaban J connectivity index is 1.84. The number of likely N-dealkylation sites (N-methyl/N-ethyl adjacent to an activating group) is 1. The molecule has 0 fully saturated rings. The second-order valence-corrected chi connectivity index (χ2v) is 5.07. The van der Waals surface area contributed by atoms with E-state index in [0.717, 1.165) is 43.1 Å². The van der Waals surface area contributed by atoms with E-state index in [-0.39, 0.29) is 0 Å². The number of nitrogens with one attached hydrogen (secondary N) is 1. The van der Waals surface area contributed by atoms with Gasteiger partial charge in [0.05, 0.1) is 18.4 Å². The zero-order valence-electron chi connectivity index (χ0n) is 12.9. The number of nitrogen functional groups attached to an aromatic ring is 1. The van der Waals surface area contributed by atoms with Crippen molar-refractivity contribution in [3.63, 3.8) is 0 Å². The summed E-state index contributed by atoms with van der Waals surface area (Å²) >= 11 is 0. The third kappa shape index (κ3) is 4.49. The summed E-state index contributed by atoms with van der Waals surface area (Å²) < 4.78 is 1.98. The van der Waals surface area contributed by atoms with Crippen molar-refractivity contribution >= 4 is 11.4 Å². The van der Waals surface area contributed by atoms with Gasteiger partial charge in [-0.05, 0) is 24.7 Å². The Morgan fingerprint density at radius 1 is 1.24 bits per heavy atom. The molecule has 0 atom stereocenters. The maximum Gasteiger partial charge on any atom is 0.0729 e. The van der Waals surface area contributed by atoms with Gasteiger partial charge in [0.1, 0.15) is 0 Å². The Hall–Kier alpha value is -2.01. The van der Waals surface area contributed by atoms with E-state index in [1.165, 1.54) is 0 Å². The zero-order chi connectivity index (χ0) is 15.1. The fraction of sp³-hybridized carbons (Fsp3) is 0.438. The summed E-state index contributed by atoms with van der Waals surface area (Å²) in [7, 11) is 0. The van der Waals surface area contributed by atoms with E-state index < -0.39 is 0 Å². The Labute approximate surface area is 126 Å². The summed E-state index contributed by atoms with van der Waals surface area (Å²) in [5, 5.41) is 7.75. The molecule has 0 saturated carbocycles. The average molecular weight is 287 g/mol. The average Bonchev–Trinajstić information content (AvgIpc) is 2.95. The summed E-state index contributed by atoms with van der Waals surface area (Å²) in [6.07, 6.45) is 3.91. The van der Waals surface area contributed by atoms with Crippen LogP contribution in [0.4, 0.5) is 11.4 Å². The number of hydrogen-bond acceptors (Lipinski definition) is 4. The Bertz CT molecular complexity index is 545. The van der Waals surface area contributed by atoms with Crippen LogP contribution in [0.15, 0.2) is 36.7 Å². The highest BCUT2D eigenvalue weighted by molar-refractivity contribution is 5.49. The first kappa shape index (κ1) is 15.4. The third-order valence-corrected chi connectivity index (χ3v) is 3.71. The van der Waals surface area contributed by atoms with Crippen LogP contribution in [0, 0.1) is 0 Å². The Morgan fingerprint density at radius 2 is 2.00 bits per heavy atom. The fourth-order valence-corrected chi connectivity index (χ4v) is 2.25. The predicted octanol–water partition coefficient (Wildman–Crippen LogP) is 2.42. The van der Waals surface area contributed by atoms with Gasteiger partial charge in [-0.1, -0.05) is 32.0 Å². The molecule has 114 valence electrons. The van der Waals surface area contributed by atoms with Crippen LogP contribution in [0.3, 0.4) is 0 Å². The molecule has 1 aromatic heterocycles. The highest BCUT2D eigenvalue weighted by Crippen LogP contribution is 2.13. The van der Waals surface area contributed by atoms with Gasteiger partial charge in [0.2, 0.25) is 0 Å². The number of benzene rings is 1. The van der Waals surface area contributed by atoms with Crippen molar-refractivity contribution in [3.05, 3.63) is 42.2 Å². The number of rotatable bonds is 8. The van der Waals surface area contributed by atoms with Crippen molar-refractivity contribution < 1.29 is 0 Å². The first-order valence-electron chi connectivity index (χ1n) is 7.55. The Kier molecular flexibility index (Phi) is 5.63. The van der Waals surface area contributed by atoms with Gasteiger partial charge in [-0.15, -0.1) is 0 Å². The molecule has 0 spiro atoms. The van der Waals surface area contributed by atoms with Crippen molar-refractivity contribution in [2.45, 2.75) is 26.9 Å². The zero-order valence-corrected chi connectivity index (χ0v) is 12.9. The van der Waals surface area contributed by atoms with Crippen LogP contribution < -0.4 is 11.1 Å². The second-order valence-electron chi connectivity index (χ2n) is 5.07. The molecule has 2 aromatic rings. The predicted molar refractivity (Wildman–Crippen MR) is 88.2 cm³/mol. The number of nitrogens with zero attached hydrogens (tertiary/aromatic N) is 3. The minimum Gasteiger partial charge on any atom is -0.398 e. The van der Waals surface area contributed by atoms with Crippen LogP contribution in [0.25, 0.3) is 0 Å². The first-order valence-corrected chi connectivity index (χ1v) is 7.55. The van der Waals surface area contributed by atoms with Gasteiger partial charge in [0.15, 0.2) is 0 Å². The van der Waals surface area contributed by atoms with E-state index >= 15 is 0 Å². The van der Waals surface area contributed by atoms with Crippen LogP contribution in [0.2, 0.25) is 0 Å².